The van der Waals surface area contributed by atoms with Crippen molar-refractivity contribution in [3.63, 3.8) is 0 Å². The highest BCUT2D eigenvalue weighted by molar-refractivity contribution is 6.30. The van der Waals surface area contributed by atoms with Crippen LogP contribution in [0.3, 0.4) is 0 Å². The number of carboxylic acids is 1. The normalized spacial score (nSPS) is 14.5. The van der Waals surface area contributed by atoms with Gasteiger partial charge in [0.15, 0.2) is 0 Å². The number of fused-ring (bicyclic) bond motifs is 1. The van der Waals surface area contributed by atoms with E-state index in [0.717, 1.165) is 17.2 Å². The van der Waals surface area contributed by atoms with Crippen LogP contribution in [0.4, 0.5) is 0 Å². The molecule has 0 aromatic heterocycles. The van der Waals surface area contributed by atoms with Crippen molar-refractivity contribution in [3.8, 4) is 11.5 Å². The number of ether oxygens (including phenoxy) is 2. The molecule has 2 N–H and O–H groups in total. The largest absolute Gasteiger partial charge is 0.490 e. The fourth-order valence-electron chi connectivity index (χ4n) is 3.62. The smallest absolute Gasteiger partial charge is 0.329 e. The van der Waals surface area contributed by atoms with E-state index in [9.17, 15) is 14.7 Å². The molecule has 0 atom stereocenters. The summed E-state index contributed by atoms with van der Waals surface area (Å²) in [6.45, 7) is 0.478. The molecule has 3 aromatic carbocycles. The van der Waals surface area contributed by atoms with Gasteiger partial charge in [-0.05, 0) is 55.0 Å². The van der Waals surface area contributed by atoms with Crippen molar-refractivity contribution in [1.29, 1.82) is 0 Å². The molecule has 0 radical (unpaired) electrons. The number of carbonyl (C=O) groups is 2. The molecule has 1 aliphatic rings. The minimum absolute atomic E-state index is 0.209. The van der Waals surface area contributed by atoms with Crippen LogP contribution in [-0.4, -0.2) is 35.7 Å². The number of halogens is 1. The van der Waals surface area contributed by atoms with Gasteiger partial charge in [-0.1, -0.05) is 41.9 Å². The summed E-state index contributed by atoms with van der Waals surface area (Å²) < 4.78 is 11.7. The first kappa shape index (κ1) is 21.0. The lowest BCUT2D eigenvalue weighted by Gasteiger charge is -2.38. The highest BCUT2D eigenvalue weighted by atomic mass is 35.5. The van der Waals surface area contributed by atoms with Crippen LogP contribution in [0.15, 0.2) is 60.7 Å². The zero-order valence-corrected chi connectivity index (χ0v) is 17.5. The summed E-state index contributed by atoms with van der Waals surface area (Å²) in [4.78, 5) is 24.7. The van der Waals surface area contributed by atoms with Crippen LogP contribution >= 0.6 is 11.6 Å². The Labute approximate surface area is 184 Å². The summed E-state index contributed by atoms with van der Waals surface area (Å²) in [6, 6.07) is 18.1. The molecule has 160 valence electrons. The van der Waals surface area contributed by atoms with Crippen LogP contribution in [0, 0.1) is 0 Å². The number of hydrogen-bond donors (Lipinski definition) is 2. The third-order valence-electron chi connectivity index (χ3n) is 5.51. The molecule has 31 heavy (non-hydrogen) atoms. The summed E-state index contributed by atoms with van der Waals surface area (Å²) in [5.74, 6) is -0.388. The summed E-state index contributed by atoms with van der Waals surface area (Å²) >= 11 is 5.88. The summed E-state index contributed by atoms with van der Waals surface area (Å²) in [7, 11) is 0. The zero-order valence-electron chi connectivity index (χ0n) is 16.8. The molecule has 6 nitrogen and oxygen atoms in total. The third kappa shape index (κ3) is 4.44. The molecule has 7 heteroatoms. The van der Waals surface area contributed by atoms with Crippen LogP contribution in [-0.2, 0) is 4.79 Å². The van der Waals surface area contributed by atoms with E-state index in [1.807, 2.05) is 30.3 Å². The minimum atomic E-state index is -1.20. The summed E-state index contributed by atoms with van der Waals surface area (Å²) in [6.07, 6.45) is 1.62. The van der Waals surface area contributed by atoms with Crippen molar-refractivity contribution in [1.82, 2.24) is 5.32 Å². The first-order chi connectivity index (χ1) is 15.0. The lowest BCUT2D eigenvalue weighted by atomic mass is 9.76. The average Bonchev–Trinajstić information content (AvgIpc) is 2.74. The van der Waals surface area contributed by atoms with E-state index < -0.39 is 17.4 Å². The van der Waals surface area contributed by atoms with Gasteiger partial charge in [-0.3, -0.25) is 4.79 Å². The fourth-order valence-corrected chi connectivity index (χ4v) is 3.74. The lowest BCUT2D eigenvalue weighted by Crippen LogP contribution is -2.59. The number of carbonyl (C=O) groups excluding carboxylic acids is 1. The Bertz CT molecular complexity index is 1110. The van der Waals surface area contributed by atoms with E-state index in [4.69, 9.17) is 21.1 Å². The monoisotopic (exact) mass is 439 g/mol. The number of nitrogens with one attached hydrogen (secondary N) is 1. The number of rotatable bonds is 8. The van der Waals surface area contributed by atoms with Crippen LogP contribution < -0.4 is 14.8 Å². The Morgan fingerprint density at radius 2 is 1.68 bits per heavy atom. The standard InChI is InChI=1S/C24H22ClNO5/c25-17-7-9-18(10-8-17)30-14-15-31-21-19-5-2-1-4-16(19)6-11-20(21)22(27)26-24(23(28)29)12-3-13-24/h1-2,4-11H,3,12-15H2,(H,26,27)(H,28,29). The van der Waals surface area contributed by atoms with E-state index >= 15 is 0 Å². The van der Waals surface area contributed by atoms with Crippen molar-refractivity contribution in [2.24, 2.45) is 0 Å². The number of carboxylic acid groups (broad SMARTS) is 1. The second-order valence-corrected chi connectivity index (χ2v) is 7.95. The molecule has 4 rings (SSSR count). The maximum absolute atomic E-state index is 13.0. The molecule has 1 amide bonds. The molecule has 0 bridgehead atoms. The minimum Gasteiger partial charge on any atom is -0.490 e. The highest BCUT2D eigenvalue weighted by Gasteiger charge is 2.46. The average molecular weight is 440 g/mol. The molecular weight excluding hydrogens is 418 g/mol. The second kappa shape index (κ2) is 8.86. The number of aliphatic carboxylic acids is 1. The fraction of sp³-hybridized carbons (Fsp3) is 0.250. The first-order valence-electron chi connectivity index (χ1n) is 10.1. The van der Waals surface area contributed by atoms with E-state index in [1.165, 1.54) is 0 Å². The molecule has 0 spiro atoms. The van der Waals surface area contributed by atoms with Crippen molar-refractivity contribution in [2.75, 3.05) is 13.2 Å². The number of benzene rings is 3. The predicted octanol–water partition coefficient (Wildman–Crippen LogP) is 4.69. The van der Waals surface area contributed by atoms with Crippen LogP contribution in [0.25, 0.3) is 10.8 Å². The van der Waals surface area contributed by atoms with Crippen molar-refractivity contribution >= 4 is 34.2 Å². The van der Waals surface area contributed by atoms with Crippen molar-refractivity contribution in [2.45, 2.75) is 24.8 Å². The molecule has 3 aromatic rings. The number of amides is 1. The van der Waals surface area contributed by atoms with Crippen LogP contribution in [0.5, 0.6) is 11.5 Å². The maximum atomic E-state index is 13.0. The lowest BCUT2D eigenvalue weighted by molar-refractivity contribution is -0.148. The van der Waals surface area contributed by atoms with Gasteiger partial charge in [-0.25, -0.2) is 4.79 Å². The third-order valence-corrected chi connectivity index (χ3v) is 5.76. The molecule has 0 heterocycles. The van der Waals surface area contributed by atoms with E-state index in [0.29, 0.717) is 34.9 Å². The maximum Gasteiger partial charge on any atom is 0.329 e. The Morgan fingerprint density at radius 3 is 2.35 bits per heavy atom. The molecule has 0 saturated heterocycles. The van der Waals surface area contributed by atoms with E-state index in [-0.39, 0.29) is 13.2 Å². The van der Waals surface area contributed by atoms with E-state index in [1.54, 1.807) is 30.3 Å². The van der Waals surface area contributed by atoms with Gasteiger partial charge < -0.3 is 19.9 Å². The molecule has 1 aliphatic carbocycles. The molecule has 1 fully saturated rings. The Hall–Kier alpha value is -3.25. The predicted molar refractivity (Wildman–Crippen MR) is 118 cm³/mol. The Balaban J connectivity index is 1.53. The Kier molecular flexibility index (Phi) is 6.00. The van der Waals surface area contributed by atoms with Gasteiger partial charge in [0.1, 0.15) is 30.3 Å². The van der Waals surface area contributed by atoms with Crippen molar-refractivity contribution < 1.29 is 24.2 Å². The zero-order chi connectivity index (χ0) is 21.8. The topological polar surface area (TPSA) is 84.9 Å². The number of hydrogen-bond acceptors (Lipinski definition) is 4. The van der Waals surface area contributed by atoms with Gasteiger partial charge in [0.05, 0.1) is 5.56 Å². The van der Waals surface area contributed by atoms with Crippen LogP contribution in [0.2, 0.25) is 5.02 Å². The first-order valence-corrected chi connectivity index (χ1v) is 10.5. The molecule has 0 unspecified atom stereocenters. The van der Waals surface area contributed by atoms with Crippen LogP contribution in [0.1, 0.15) is 29.6 Å². The van der Waals surface area contributed by atoms with E-state index in [2.05, 4.69) is 5.32 Å². The SMILES string of the molecule is O=C(NC1(C(=O)O)CCC1)c1ccc2ccccc2c1OCCOc1ccc(Cl)cc1. The quantitative estimate of drug-likeness (QED) is 0.497. The highest BCUT2D eigenvalue weighted by Crippen LogP contribution is 2.34. The van der Waals surface area contributed by atoms with Gasteiger partial charge in [-0.15, -0.1) is 0 Å². The van der Waals surface area contributed by atoms with Crippen molar-refractivity contribution in [3.05, 3.63) is 71.2 Å². The van der Waals surface area contributed by atoms with Gasteiger partial charge >= 0.3 is 5.97 Å². The second-order valence-electron chi connectivity index (χ2n) is 7.51. The Morgan fingerprint density at radius 1 is 0.968 bits per heavy atom. The molecular formula is C24H22ClNO5. The summed E-state index contributed by atoms with van der Waals surface area (Å²) in [5.41, 5.74) is -0.893. The van der Waals surface area contributed by atoms with Gasteiger partial charge in [0.25, 0.3) is 5.91 Å². The van der Waals surface area contributed by atoms with Gasteiger partial charge in [0, 0.05) is 10.4 Å². The van der Waals surface area contributed by atoms with Gasteiger partial charge in [-0.2, -0.15) is 0 Å². The molecule has 0 aliphatic heterocycles. The molecule has 1 saturated carbocycles. The summed E-state index contributed by atoms with van der Waals surface area (Å²) in [5, 5.41) is 14.6. The van der Waals surface area contributed by atoms with Gasteiger partial charge in [0.2, 0.25) is 0 Å².